The first kappa shape index (κ1) is 17.6. The van der Waals surface area contributed by atoms with Crippen LogP contribution >= 0.6 is 0 Å². The van der Waals surface area contributed by atoms with Crippen LogP contribution in [0, 0.1) is 0 Å². The highest BCUT2D eigenvalue weighted by Gasteiger charge is 1.93. The van der Waals surface area contributed by atoms with Crippen molar-refractivity contribution in [1.29, 1.82) is 0 Å². The second-order valence-electron chi connectivity index (χ2n) is 5.76. The average molecular weight is 344 g/mol. The van der Waals surface area contributed by atoms with E-state index in [4.69, 9.17) is 9.15 Å². The molecule has 1 heterocycles. The van der Waals surface area contributed by atoms with E-state index in [0.29, 0.717) is 18.8 Å². The summed E-state index contributed by atoms with van der Waals surface area (Å²) >= 11 is 0. The molecule has 3 nitrogen and oxygen atoms in total. The molecule has 0 atom stereocenters. The van der Waals surface area contributed by atoms with Gasteiger partial charge in [0.1, 0.15) is 5.58 Å². The van der Waals surface area contributed by atoms with Crippen LogP contribution in [0.15, 0.2) is 106 Å². The summed E-state index contributed by atoms with van der Waals surface area (Å²) in [7, 11) is 0. The summed E-state index contributed by atoms with van der Waals surface area (Å²) in [6, 6.07) is 31.0. The Bertz CT molecular complexity index is 936. The Hall–Kier alpha value is -3.17. The van der Waals surface area contributed by atoms with Crippen molar-refractivity contribution in [1.82, 2.24) is 0 Å². The predicted octanol–water partition coefficient (Wildman–Crippen LogP) is 5.20. The topological polar surface area (TPSA) is 39.4 Å². The molecule has 130 valence electrons. The predicted molar refractivity (Wildman–Crippen MR) is 104 cm³/mol. The van der Waals surface area contributed by atoms with Gasteiger partial charge in [-0.25, -0.2) is 4.79 Å². The average Bonchev–Trinajstić information content (AvgIpc) is 2.70. The maximum absolute atomic E-state index is 10.7. The lowest BCUT2D eigenvalue weighted by Gasteiger charge is -2.03. The van der Waals surface area contributed by atoms with Crippen molar-refractivity contribution in [3.63, 3.8) is 0 Å². The number of hydrogen-bond donors (Lipinski definition) is 0. The number of ether oxygens (including phenoxy) is 1. The lowest BCUT2D eigenvalue weighted by molar-refractivity contribution is 0.107. The lowest BCUT2D eigenvalue weighted by atomic mass is 10.2. The monoisotopic (exact) mass is 344 g/mol. The first-order chi connectivity index (χ1) is 12.8. The van der Waals surface area contributed by atoms with E-state index in [2.05, 4.69) is 24.3 Å². The number of fused-ring (bicyclic) bond motifs is 1. The maximum atomic E-state index is 10.7. The van der Waals surface area contributed by atoms with Crippen molar-refractivity contribution in [3.05, 3.63) is 119 Å². The van der Waals surface area contributed by atoms with Crippen molar-refractivity contribution in [2.75, 3.05) is 0 Å². The highest BCUT2D eigenvalue weighted by molar-refractivity contribution is 5.75. The minimum absolute atomic E-state index is 0.302. The van der Waals surface area contributed by atoms with Crippen LogP contribution in [0.4, 0.5) is 0 Å². The summed E-state index contributed by atoms with van der Waals surface area (Å²) in [6.45, 7) is 1.35. The van der Waals surface area contributed by atoms with Gasteiger partial charge < -0.3 is 9.15 Å². The fraction of sp³-hybridized carbons (Fsp3) is 0.0870. The third kappa shape index (κ3) is 5.43. The van der Waals surface area contributed by atoms with Gasteiger partial charge in [-0.05, 0) is 23.3 Å². The van der Waals surface area contributed by atoms with Gasteiger partial charge in [-0.15, -0.1) is 0 Å². The molecule has 0 amide bonds. The quantitative estimate of drug-likeness (QED) is 0.478. The molecule has 0 bridgehead atoms. The Morgan fingerprint density at radius 3 is 1.77 bits per heavy atom. The lowest BCUT2D eigenvalue weighted by Crippen LogP contribution is -1.93. The number of hydrogen-bond acceptors (Lipinski definition) is 3. The third-order valence-electron chi connectivity index (χ3n) is 3.75. The molecular weight excluding hydrogens is 324 g/mol. The van der Waals surface area contributed by atoms with E-state index in [0.717, 1.165) is 5.39 Å². The molecule has 0 aliphatic rings. The number of para-hydroxylation sites is 1. The third-order valence-corrected chi connectivity index (χ3v) is 3.75. The Morgan fingerprint density at radius 2 is 1.15 bits per heavy atom. The zero-order chi connectivity index (χ0) is 18.0. The highest BCUT2D eigenvalue weighted by Crippen LogP contribution is 2.09. The van der Waals surface area contributed by atoms with E-state index in [9.17, 15) is 4.79 Å². The van der Waals surface area contributed by atoms with Crippen LogP contribution < -0.4 is 5.63 Å². The van der Waals surface area contributed by atoms with Gasteiger partial charge in [0.15, 0.2) is 0 Å². The first-order valence-electron chi connectivity index (χ1n) is 8.46. The molecule has 0 saturated heterocycles. The van der Waals surface area contributed by atoms with E-state index in [1.165, 1.54) is 17.2 Å². The molecule has 0 aliphatic carbocycles. The SMILES string of the molecule is O=c1ccc2ccccc2o1.c1ccc(COCc2ccccc2)cc1. The van der Waals surface area contributed by atoms with Crippen molar-refractivity contribution < 1.29 is 9.15 Å². The van der Waals surface area contributed by atoms with Crippen LogP contribution in [-0.4, -0.2) is 0 Å². The first-order valence-corrected chi connectivity index (χ1v) is 8.46. The molecule has 4 aromatic rings. The van der Waals surface area contributed by atoms with Gasteiger partial charge in [0.25, 0.3) is 0 Å². The zero-order valence-electron chi connectivity index (χ0n) is 14.4. The fourth-order valence-corrected chi connectivity index (χ4v) is 2.45. The Balaban J connectivity index is 0.000000158. The summed E-state index contributed by atoms with van der Waals surface area (Å²) < 4.78 is 10.5. The molecule has 1 aromatic heterocycles. The van der Waals surface area contributed by atoms with E-state index in [1.807, 2.05) is 54.6 Å². The second kappa shape index (κ2) is 9.35. The summed E-state index contributed by atoms with van der Waals surface area (Å²) in [5.74, 6) is 0. The van der Waals surface area contributed by atoms with E-state index >= 15 is 0 Å². The second-order valence-corrected chi connectivity index (χ2v) is 5.76. The Morgan fingerprint density at radius 1 is 0.615 bits per heavy atom. The van der Waals surface area contributed by atoms with Gasteiger partial charge in [0, 0.05) is 11.5 Å². The van der Waals surface area contributed by atoms with Crippen molar-refractivity contribution in [2.45, 2.75) is 13.2 Å². The Kier molecular flexibility index (Phi) is 6.35. The van der Waals surface area contributed by atoms with Gasteiger partial charge in [-0.3, -0.25) is 0 Å². The minimum atomic E-state index is -0.302. The summed E-state index contributed by atoms with van der Waals surface area (Å²) in [5.41, 5.74) is 2.77. The Labute approximate surface area is 152 Å². The van der Waals surface area contributed by atoms with Gasteiger partial charge in [-0.2, -0.15) is 0 Å². The largest absolute Gasteiger partial charge is 0.423 e. The molecule has 0 radical (unpaired) electrons. The van der Waals surface area contributed by atoms with E-state index < -0.39 is 0 Å². The summed E-state index contributed by atoms with van der Waals surface area (Å²) in [5, 5.41) is 0.951. The van der Waals surface area contributed by atoms with E-state index in [1.54, 1.807) is 12.1 Å². The minimum Gasteiger partial charge on any atom is -0.423 e. The van der Waals surface area contributed by atoms with Gasteiger partial charge in [0.05, 0.1) is 13.2 Å². The maximum Gasteiger partial charge on any atom is 0.336 e. The van der Waals surface area contributed by atoms with Crippen LogP contribution in [0.3, 0.4) is 0 Å². The molecule has 3 aromatic carbocycles. The molecule has 0 spiro atoms. The van der Waals surface area contributed by atoms with Gasteiger partial charge >= 0.3 is 5.63 Å². The van der Waals surface area contributed by atoms with Crippen molar-refractivity contribution >= 4 is 11.0 Å². The zero-order valence-corrected chi connectivity index (χ0v) is 14.4. The van der Waals surface area contributed by atoms with Crippen LogP contribution in [0.2, 0.25) is 0 Å². The summed E-state index contributed by atoms with van der Waals surface area (Å²) in [6.07, 6.45) is 0. The van der Waals surface area contributed by atoms with Crippen LogP contribution in [0.5, 0.6) is 0 Å². The van der Waals surface area contributed by atoms with Crippen molar-refractivity contribution in [2.24, 2.45) is 0 Å². The molecule has 0 aliphatic heterocycles. The molecule has 0 N–H and O–H groups in total. The van der Waals surface area contributed by atoms with E-state index in [-0.39, 0.29) is 5.63 Å². The normalized spacial score (nSPS) is 10.2. The van der Waals surface area contributed by atoms with Crippen LogP contribution in [0.1, 0.15) is 11.1 Å². The molecule has 0 unspecified atom stereocenters. The van der Waals surface area contributed by atoms with Crippen LogP contribution in [0.25, 0.3) is 11.0 Å². The highest BCUT2D eigenvalue weighted by atomic mass is 16.5. The number of benzene rings is 3. The van der Waals surface area contributed by atoms with Crippen LogP contribution in [-0.2, 0) is 18.0 Å². The molecule has 3 heteroatoms. The molecule has 4 rings (SSSR count). The van der Waals surface area contributed by atoms with Gasteiger partial charge in [0.2, 0.25) is 0 Å². The fourth-order valence-electron chi connectivity index (χ4n) is 2.45. The molecular formula is C23H20O3. The number of rotatable bonds is 4. The molecule has 0 saturated carbocycles. The molecule has 0 fully saturated rings. The smallest absolute Gasteiger partial charge is 0.336 e. The molecule has 26 heavy (non-hydrogen) atoms. The summed E-state index contributed by atoms with van der Waals surface area (Å²) in [4.78, 5) is 10.7. The van der Waals surface area contributed by atoms with Gasteiger partial charge in [-0.1, -0.05) is 78.9 Å². The van der Waals surface area contributed by atoms with Crippen molar-refractivity contribution in [3.8, 4) is 0 Å². The standard InChI is InChI=1S/C14H14O.C9H6O2/c1-3-7-13(8-4-1)11-15-12-14-9-5-2-6-10-14;10-9-6-5-7-3-1-2-4-8(7)11-9/h1-10H,11-12H2;1-6H.